The number of hydrogen-bond acceptors (Lipinski definition) is 4. The van der Waals surface area contributed by atoms with Gasteiger partial charge in [0.05, 0.1) is 18.8 Å². The molecule has 1 aromatic carbocycles. The van der Waals surface area contributed by atoms with Crippen LogP contribution in [0.5, 0.6) is 5.75 Å². The maximum Gasteiger partial charge on any atom is 0.119 e. The molecule has 0 bridgehead atoms. The minimum atomic E-state index is -0.760. The maximum atomic E-state index is 9.99. The molecule has 0 saturated heterocycles. The number of aliphatic hydroxyl groups excluding tert-OH is 1. The van der Waals surface area contributed by atoms with Crippen molar-refractivity contribution >= 4 is 0 Å². The van der Waals surface area contributed by atoms with Crippen molar-refractivity contribution in [1.82, 2.24) is 0 Å². The summed E-state index contributed by atoms with van der Waals surface area (Å²) >= 11 is 0. The zero-order chi connectivity index (χ0) is 13.4. The lowest BCUT2D eigenvalue weighted by Crippen LogP contribution is -2.37. The summed E-state index contributed by atoms with van der Waals surface area (Å²) in [6.07, 6.45) is 2.08. The first-order chi connectivity index (χ1) is 8.63. The van der Waals surface area contributed by atoms with Gasteiger partial charge < -0.3 is 20.7 Å². The smallest absolute Gasteiger partial charge is 0.119 e. The predicted octanol–water partition coefficient (Wildman–Crippen LogP) is 1.44. The molecule has 102 valence electrons. The summed E-state index contributed by atoms with van der Waals surface area (Å²) in [5.74, 6) is 0.778. The van der Waals surface area contributed by atoms with Crippen LogP contribution in [0.25, 0.3) is 0 Å². The van der Waals surface area contributed by atoms with Crippen molar-refractivity contribution in [2.75, 3.05) is 13.2 Å². The van der Waals surface area contributed by atoms with E-state index in [9.17, 15) is 5.11 Å². The molecule has 0 heterocycles. The molecular formula is C14H23NO3. The Bertz CT molecular complexity index is 333. The van der Waals surface area contributed by atoms with Gasteiger partial charge >= 0.3 is 0 Å². The summed E-state index contributed by atoms with van der Waals surface area (Å²) in [5.41, 5.74) is 5.64. The molecule has 0 aliphatic heterocycles. The van der Waals surface area contributed by atoms with Gasteiger partial charge in [-0.1, -0.05) is 19.1 Å². The second-order valence-corrected chi connectivity index (χ2v) is 4.54. The molecule has 0 aromatic heterocycles. The van der Waals surface area contributed by atoms with Crippen LogP contribution in [0.2, 0.25) is 0 Å². The topological polar surface area (TPSA) is 75.7 Å². The first kappa shape index (κ1) is 15.0. The summed E-state index contributed by atoms with van der Waals surface area (Å²) < 4.78 is 5.56. The monoisotopic (exact) mass is 253 g/mol. The van der Waals surface area contributed by atoms with Crippen molar-refractivity contribution in [1.29, 1.82) is 0 Å². The van der Waals surface area contributed by atoms with E-state index in [0.29, 0.717) is 19.4 Å². The highest BCUT2D eigenvalue weighted by atomic mass is 16.5. The summed E-state index contributed by atoms with van der Waals surface area (Å²) in [4.78, 5) is 0. The van der Waals surface area contributed by atoms with E-state index in [1.165, 1.54) is 0 Å². The molecule has 0 fully saturated rings. The molecule has 4 nitrogen and oxygen atoms in total. The summed E-state index contributed by atoms with van der Waals surface area (Å²) in [5, 5.41) is 18.9. The quantitative estimate of drug-likeness (QED) is 0.613. The Balaban J connectivity index is 2.29. The molecular weight excluding hydrogens is 230 g/mol. The summed E-state index contributed by atoms with van der Waals surface area (Å²) in [6, 6.07) is 7.33. The van der Waals surface area contributed by atoms with Crippen LogP contribution in [0.3, 0.4) is 0 Å². The van der Waals surface area contributed by atoms with Gasteiger partial charge in [-0.05, 0) is 37.0 Å². The molecule has 1 unspecified atom stereocenters. The van der Waals surface area contributed by atoms with Crippen LogP contribution >= 0.6 is 0 Å². The lowest BCUT2D eigenvalue weighted by molar-refractivity contribution is 0.0309. The average molecular weight is 253 g/mol. The van der Waals surface area contributed by atoms with Gasteiger partial charge in [-0.2, -0.15) is 0 Å². The Hall–Kier alpha value is -1.10. The average Bonchev–Trinajstić information content (AvgIpc) is 2.44. The third-order valence-electron chi connectivity index (χ3n) is 3.20. The fourth-order valence-corrected chi connectivity index (χ4v) is 1.71. The normalized spacial score (nSPS) is 14.2. The Morgan fingerprint density at radius 3 is 2.44 bits per heavy atom. The molecule has 0 aliphatic carbocycles. The SMILES string of the molecule is CCC(O)(CN)CCCOc1ccc(CO)cc1. The van der Waals surface area contributed by atoms with Gasteiger partial charge in [0, 0.05) is 6.54 Å². The highest BCUT2D eigenvalue weighted by Gasteiger charge is 2.21. The van der Waals surface area contributed by atoms with Crippen LogP contribution in [-0.2, 0) is 6.61 Å². The highest BCUT2D eigenvalue weighted by molar-refractivity contribution is 5.26. The van der Waals surface area contributed by atoms with E-state index in [1.54, 1.807) is 0 Å². The number of nitrogens with two attached hydrogens (primary N) is 1. The molecule has 1 atom stereocenters. The third-order valence-corrected chi connectivity index (χ3v) is 3.20. The van der Waals surface area contributed by atoms with E-state index in [2.05, 4.69) is 0 Å². The highest BCUT2D eigenvalue weighted by Crippen LogP contribution is 2.17. The summed E-state index contributed by atoms with van der Waals surface area (Å²) in [7, 11) is 0. The van der Waals surface area contributed by atoms with Crippen molar-refractivity contribution in [3.63, 3.8) is 0 Å². The maximum absolute atomic E-state index is 9.99. The van der Waals surface area contributed by atoms with E-state index in [-0.39, 0.29) is 13.2 Å². The van der Waals surface area contributed by atoms with Gasteiger partial charge in [-0.3, -0.25) is 0 Å². The molecule has 1 aromatic rings. The molecule has 4 heteroatoms. The number of hydrogen-bond donors (Lipinski definition) is 3. The molecule has 0 amide bonds. The Morgan fingerprint density at radius 2 is 1.94 bits per heavy atom. The second kappa shape index (κ2) is 7.36. The molecule has 1 rings (SSSR count). The van der Waals surface area contributed by atoms with Gasteiger partial charge in [0.2, 0.25) is 0 Å². The largest absolute Gasteiger partial charge is 0.494 e. The third kappa shape index (κ3) is 4.64. The lowest BCUT2D eigenvalue weighted by atomic mass is 9.95. The first-order valence-corrected chi connectivity index (χ1v) is 6.38. The van der Waals surface area contributed by atoms with E-state index >= 15 is 0 Å². The van der Waals surface area contributed by atoms with Crippen LogP contribution in [0, 0.1) is 0 Å². The fraction of sp³-hybridized carbons (Fsp3) is 0.571. The van der Waals surface area contributed by atoms with Crippen molar-refractivity contribution in [2.24, 2.45) is 5.73 Å². The standard InChI is InChI=1S/C14H23NO3/c1-2-14(17,11-15)8-3-9-18-13-6-4-12(10-16)5-7-13/h4-7,16-17H,2-3,8-11,15H2,1H3. The number of ether oxygens (including phenoxy) is 1. The zero-order valence-electron chi connectivity index (χ0n) is 10.9. The molecule has 0 radical (unpaired) electrons. The van der Waals surface area contributed by atoms with Gasteiger partial charge in [-0.25, -0.2) is 0 Å². The Kier molecular flexibility index (Phi) is 6.12. The zero-order valence-corrected chi connectivity index (χ0v) is 10.9. The molecule has 4 N–H and O–H groups in total. The van der Waals surface area contributed by atoms with Gasteiger partial charge in [0.15, 0.2) is 0 Å². The van der Waals surface area contributed by atoms with Crippen molar-refractivity contribution in [3.05, 3.63) is 29.8 Å². The van der Waals surface area contributed by atoms with E-state index in [0.717, 1.165) is 17.7 Å². The molecule has 0 spiro atoms. The Morgan fingerprint density at radius 1 is 1.28 bits per heavy atom. The molecule has 0 aliphatic rings. The number of rotatable bonds is 8. The lowest BCUT2D eigenvalue weighted by Gasteiger charge is -2.24. The first-order valence-electron chi connectivity index (χ1n) is 6.38. The Labute approximate surface area is 108 Å². The van der Waals surface area contributed by atoms with Crippen LogP contribution in [0.4, 0.5) is 0 Å². The van der Waals surface area contributed by atoms with Crippen LogP contribution in [-0.4, -0.2) is 29.0 Å². The van der Waals surface area contributed by atoms with Gasteiger partial charge in [0.25, 0.3) is 0 Å². The molecule has 18 heavy (non-hydrogen) atoms. The van der Waals surface area contributed by atoms with E-state index in [4.69, 9.17) is 15.6 Å². The van der Waals surface area contributed by atoms with Gasteiger partial charge in [-0.15, -0.1) is 0 Å². The van der Waals surface area contributed by atoms with E-state index in [1.807, 2.05) is 31.2 Å². The number of aliphatic hydroxyl groups is 2. The van der Waals surface area contributed by atoms with Crippen LogP contribution in [0.15, 0.2) is 24.3 Å². The van der Waals surface area contributed by atoms with Crippen molar-refractivity contribution in [2.45, 2.75) is 38.4 Å². The van der Waals surface area contributed by atoms with Gasteiger partial charge in [0.1, 0.15) is 5.75 Å². The fourth-order valence-electron chi connectivity index (χ4n) is 1.71. The van der Waals surface area contributed by atoms with Crippen LogP contribution in [0.1, 0.15) is 31.7 Å². The predicted molar refractivity (Wildman–Crippen MR) is 71.4 cm³/mol. The van der Waals surface area contributed by atoms with E-state index < -0.39 is 5.60 Å². The van der Waals surface area contributed by atoms with Crippen LogP contribution < -0.4 is 10.5 Å². The summed E-state index contributed by atoms with van der Waals surface area (Å²) in [6.45, 7) is 2.82. The minimum Gasteiger partial charge on any atom is -0.494 e. The molecule has 0 saturated carbocycles. The van der Waals surface area contributed by atoms with Crippen molar-refractivity contribution < 1.29 is 14.9 Å². The second-order valence-electron chi connectivity index (χ2n) is 4.54. The number of benzene rings is 1. The minimum absolute atomic E-state index is 0.0420. The van der Waals surface area contributed by atoms with Crippen molar-refractivity contribution in [3.8, 4) is 5.75 Å².